The van der Waals surface area contributed by atoms with E-state index < -0.39 is 6.61 Å². The van der Waals surface area contributed by atoms with Crippen LogP contribution >= 0.6 is 15.9 Å². The third-order valence-corrected chi connectivity index (χ3v) is 4.53. The Kier molecular flexibility index (Phi) is 6.57. The maximum Gasteiger partial charge on any atom is 0.387 e. The minimum atomic E-state index is -2.94. The molecule has 0 bridgehead atoms. The molecule has 0 fully saturated rings. The Morgan fingerprint density at radius 2 is 2.04 bits per heavy atom. The lowest BCUT2D eigenvalue weighted by Gasteiger charge is -2.18. The van der Waals surface area contributed by atoms with Crippen molar-refractivity contribution in [2.75, 3.05) is 14.2 Å². The van der Waals surface area contributed by atoms with Crippen molar-refractivity contribution in [1.29, 1.82) is 0 Å². The van der Waals surface area contributed by atoms with Crippen LogP contribution in [-0.2, 0) is 6.54 Å². The summed E-state index contributed by atoms with van der Waals surface area (Å²) in [5.41, 5.74) is 1.84. The molecule has 0 aliphatic heterocycles. The first-order valence-electron chi connectivity index (χ1n) is 7.85. The second kappa shape index (κ2) is 8.48. The Bertz CT molecular complexity index is 781. The van der Waals surface area contributed by atoms with E-state index in [0.29, 0.717) is 15.7 Å². The normalized spacial score (nSPS) is 11.1. The van der Waals surface area contributed by atoms with E-state index in [1.165, 1.54) is 18.1 Å². The summed E-state index contributed by atoms with van der Waals surface area (Å²) in [4.78, 5) is 14.1. The smallest absolute Gasteiger partial charge is 0.387 e. The van der Waals surface area contributed by atoms with Crippen molar-refractivity contribution in [3.8, 4) is 11.5 Å². The van der Waals surface area contributed by atoms with Gasteiger partial charge in [-0.15, -0.1) is 0 Å². The van der Waals surface area contributed by atoms with Gasteiger partial charge in [-0.2, -0.15) is 13.9 Å². The Morgan fingerprint density at radius 3 is 2.58 bits per heavy atom. The van der Waals surface area contributed by atoms with Crippen LogP contribution in [0.2, 0.25) is 0 Å². The van der Waals surface area contributed by atoms with E-state index in [1.807, 2.05) is 13.8 Å². The molecular weight excluding hydrogens is 412 g/mol. The molecule has 0 aliphatic carbocycles. The van der Waals surface area contributed by atoms with E-state index in [0.717, 1.165) is 5.69 Å². The van der Waals surface area contributed by atoms with Crippen molar-refractivity contribution in [1.82, 2.24) is 15.1 Å². The molecular formula is C17H20BrF2N3O3. The van der Waals surface area contributed by atoms with Gasteiger partial charge < -0.3 is 14.4 Å². The van der Waals surface area contributed by atoms with Crippen LogP contribution in [0.5, 0.6) is 11.5 Å². The summed E-state index contributed by atoms with van der Waals surface area (Å²) in [6, 6.07) is 4.55. The molecule has 0 spiro atoms. The summed E-state index contributed by atoms with van der Waals surface area (Å²) in [7, 11) is 3.00. The van der Waals surface area contributed by atoms with Gasteiger partial charge in [0.15, 0.2) is 17.2 Å². The quantitative estimate of drug-likeness (QED) is 0.713. The maximum atomic E-state index is 12.6. The summed E-state index contributed by atoms with van der Waals surface area (Å²) in [5.74, 6) is 0.0332. The number of nitrogens with zero attached hydrogens (tertiary/aromatic N) is 2. The van der Waals surface area contributed by atoms with Gasteiger partial charge in [0, 0.05) is 13.6 Å². The van der Waals surface area contributed by atoms with Gasteiger partial charge in [0.1, 0.15) is 0 Å². The van der Waals surface area contributed by atoms with Crippen LogP contribution < -0.4 is 9.47 Å². The van der Waals surface area contributed by atoms with Gasteiger partial charge in [0.05, 0.1) is 17.3 Å². The second-order valence-electron chi connectivity index (χ2n) is 5.98. The highest BCUT2D eigenvalue weighted by molar-refractivity contribution is 9.10. The summed E-state index contributed by atoms with van der Waals surface area (Å²) >= 11 is 3.41. The highest BCUT2D eigenvalue weighted by Gasteiger charge is 2.22. The molecule has 1 heterocycles. The van der Waals surface area contributed by atoms with Crippen LogP contribution in [0, 0.1) is 0 Å². The van der Waals surface area contributed by atoms with Gasteiger partial charge in [-0.3, -0.25) is 9.89 Å². The van der Waals surface area contributed by atoms with Crippen LogP contribution in [0.25, 0.3) is 0 Å². The largest absolute Gasteiger partial charge is 0.493 e. The molecule has 1 N–H and O–H groups in total. The summed E-state index contributed by atoms with van der Waals surface area (Å²) in [6.45, 7) is 1.29. The van der Waals surface area contributed by atoms with Crippen molar-refractivity contribution in [2.45, 2.75) is 32.9 Å². The second-order valence-corrected chi connectivity index (χ2v) is 6.77. The number of carbonyl (C=O) groups is 1. The molecule has 1 amide bonds. The fourth-order valence-corrected chi connectivity index (χ4v) is 3.20. The average Bonchev–Trinajstić information content (AvgIpc) is 2.96. The zero-order valence-electron chi connectivity index (χ0n) is 14.8. The number of halogens is 3. The fraction of sp³-hybridized carbons (Fsp3) is 0.412. The number of carbonyl (C=O) groups excluding carboxylic acids is 1. The molecule has 9 heteroatoms. The van der Waals surface area contributed by atoms with Crippen molar-refractivity contribution >= 4 is 21.8 Å². The SMILES string of the molecule is COc1cc(CN(C)C(=O)c2n[nH]c(C(C)C)c2Br)ccc1OC(F)F. The molecule has 0 aliphatic rings. The molecule has 0 radical (unpaired) electrons. The predicted molar refractivity (Wildman–Crippen MR) is 95.8 cm³/mol. The Hall–Kier alpha value is -2.16. The molecule has 2 rings (SSSR count). The number of hydrogen-bond donors (Lipinski definition) is 1. The minimum absolute atomic E-state index is 0.0585. The third-order valence-electron chi connectivity index (χ3n) is 3.72. The number of aromatic nitrogens is 2. The lowest BCUT2D eigenvalue weighted by Crippen LogP contribution is -2.26. The van der Waals surface area contributed by atoms with Gasteiger partial charge >= 0.3 is 6.61 Å². The van der Waals surface area contributed by atoms with Crippen LogP contribution in [-0.4, -0.2) is 41.8 Å². The standard InChI is InChI=1S/C17H20BrF2N3O3/c1-9(2)14-13(18)15(22-21-14)16(24)23(3)8-10-5-6-11(26-17(19)20)12(7-10)25-4/h5-7,9,17H,8H2,1-4H3,(H,21,22). The van der Waals surface area contributed by atoms with Crippen LogP contribution in [0.3, 0.4) is 0 Å². The number of benzene rings is 1. The van der Waals surface area contributed by atoms with Gasteiger partial charge in [0.2, 0.25) is 0 Å². The van der Waals surface area contributed by atoms with E-state index in [2.05, 4.69) is 30.9 Å². The number of rotatable bonds is 7. The molecule has 0 saturated carbocycles. The molecule has 0 atom stereocenters. The zero-order valence-corrected chi connectivity index (χ0v) is 16.4. The van der Waals surface area contributed by atoms with Crippen LogP contribution in [0.15, 0.2) is 22.7 Å². The van der Waals surface area contributed by atoms with Gasteiger partial charge in [0.25, 0.3) is 5.91 Å². The fourth-order valence-electron chi connectivity index (χ4n) is 2.40. The highest BCUT2D eigenvalue weighted by Crippen LogP contribution is 2.30. The number of hydrogen-bond acceptors (Lipinski definition) is 4. The number of amides is 1. The molecule has 142 valence electrons. The van der Waals surface area contributed by atoms with E-state index in [4.69, 9.17) is 4.74 Å². The summed E-state index contributed by atoms with van der Waals surface area (Å²) < 4.78 is 34.9. The third kappa shape index (κ3) is 4.51. The Morgan fingerprint density at radius 1 is 1.35 bits per heavy atom. The predicted octanol–water partition coefficient (Wildman–Crippen LogP) is 4.18. The number of methoxy groups -OCH3 is 1. The van der Waals surface area contributed by atoms with Crippen LogP contribution in [0.1, 0.15) is 41.5 Å². The molecule has 1 aromatic heterocycles. The van der Waals surface area contributed by atoms with Gasteiger partial charge in [-0.05, 0) is 39.5 Å². The maximum absolute atomic E-state index is 12.6. The van der Waals surface area contributed by atoms with Crippen molar-refractivity contribution in [3.05, 3.63) is 39.6 Å². The van der Waals surface area contributed by atoms with E-state index in [9.17, 15) is 13.6 Å². The molecule has 26 heavy (non-hydrogen) atoms. The summed E-state index contributed by atoms with van der Waals surface area (Å²) in [5, 5.41) is 6.95. The minimum Gasteiger partial charge on any atom is -0.493 e. The van der Waals surface area contributed by atoms with E-state index in [-0.39, 0.29) is 29.9 Å². The van der Waals surface area contributed by atoms with Crippen molar-refractivity contribution in [2.24, 2.45) is 0 Å². The number of H-pyrrole nitrogens is 1. The first kappa shape index (κ1) is 20.2. The summed E-state index contributed by atoms with van der Waals surface area (Å²) in [6.07, 6.45) is 0. The van der Waals surface area contributed by atoms with E-state index >= 15 is 0 Å². The number of alkyl halides is 2. The molecule has 0 saturated heterocycles. The van der Waals surface area contributed by atoms with Gasteiger partial charge in [-0.25, -0.2) is 0 Å². The number of ether oxygens (including phenoxy) is 2. The first-order valence-corrected chi connectivity index (χ1v) is 8.64. The van der Waals surface area contributed by atoms with E-state index in [1.54, 1.807) is 19.2 Å². The first-order chi connectivity index (χ1) is 12.2. The lowest BCUT2D eigenvalue weighted by atomic mass is 10.1. The van der Waals surface area contributed by atoms with Crippen molar-refractivity contribution < 1.29 is 23.0 Å². The molecule has 1 aromatic carbocycles. The highest BCUT2D eigenvalue weighted by atomic mass is 79.9. The monoisotopic (exact) mass is 431 g/mol. The average molecular weight is 432 g/mol. The topological polar surface area (TPSA) is 67.5 Å². The number of nitrogens with one attached hydrogen (secondary N) is 1. The molecule has 0 unspecified atom stereocenters. The Labute approximate surface area is 158 Å². The lowest BCUT2D eigenvalue weighted by molar-refractivity contribution is -0.0512. The number of aromatic amines is 1. The molecule has 2 aromatic rings. The van der Waals surface area contributed by atoms with Crippen LogP contribution in [0.4, 0.5) is 8.78 Å². The molecule has 6 nitrogen and oxygen atoms in total. The van der Waals surface area contributed by atoms with Gasteiger partial charge in [-0.1, -0.05) is 19.9 Å². The van der Waals surface area contributed by atoms with Crippen molar-refractivity contribution in [3.63, 3.8) is 0 Å². The zero-order chi connectivity index (χ0) is 19.4. The Balaban J connectivity index is 2.16.